The van der Waals surface area contributed by atoms with Gasteiger partial charge in [-0.25, -0.2) is 0 Å². The maximum Gasteiger partial charge on any atom is 0.0241 e. The Balaban J connectivity index is 2.49. The molecule has 2 nitrogen and oxygen atoms in total. The van der Waals surface area contributed by atoms with E-state index in [1.807, 2.05) is 0 Å². The van der Waals surface area contributed by atoms with Crippen LogP contribution in [0.3, 0.4) is 0 Å². The molecular formula is C13H28N2. The van der Waals surface area contributed by atoms with Gasteiger partial charge in [-0.2, -0.15) is 0 Å². The molecule has 1 aliphatic rings. The number of nitrogens with two attached hydrogens (primary N) is 1. The van der Waals surface area contributed by atoms with Gasteiger partial charge in [0.2, 0.25) is 0 Å². The smallest absolute Gasteiger partial charge is 0.0241 e. The Morgan fingerprint density at radius 1 is 1.27 bits per heavy atom. The SMILES string of the molecule is CCC1(C)CCN(C(CN)C(C)C)CC1. The van der Waals surface area contributed by atoms with Crippen LogP contribution in [0.4, 0.5) is 0 Å². The van der Waals surface area contributed by atoms with Crippen molar-refractivity contribution in [1.82, 2.24) is 4.90 Å². The molecule has 0 spiro atoms. The number of likely N-dealkylation sites (tertiary alicyclic amines) is 1. The minimum absolute atomic E-state index is 0.589. The lowest BCUT2D eigenvalue weighted by Crippen LogP contribution is -2.49. The fourth-order valence-electron chi connectivity index (χ4n) is 2.59. The van der Waals surface area contributed by atoms with Crippen molar-refractivity contribution in [1.29, 1.82) is 0 Å². The first kappa shape index (κ1) is 13.0. The van der Waals surface area contributed by atoms with E-state index in [9.17, 15) is 0 Å². The predicted octanol–water partition coefficient (Wildman–Crippen LogP) is 2.48. The molecule has 1 fully saturated rings. The van der Waals surface area contributed by atoms with Gasteiger partial charge in [0.15, 0.2) is 0 Å². The third kappa shape index (κ3) is 3.18. The second-order valence-electron chi connectivity index (χ2n) is 5.75. The molecule has 1 atom stereocenters. The summed E-state index contributed by atoms with van der Waals surface area (Å²) in [5, 5.41) is 0. The molecule has 0 amide bonds. The quantitative estimate of drug-likeness (QED) is 0.776. The fourth-order valence-corrected chi connectivity index (χ4v) is 2.59. The Labute approximate surface area is 95.2 Å². The van der Waals surface area contributed by atoms with E-state index < -0.39 is 0 Å². The molecule has 1 heterocycles. The largest absolute Gasteiger partial charge is 0.329 e. The lowest BCUT2D eigenvalue weighted by Gasteiger charge is -2.43. The molecule has 0 bridgehead atoms. The van der Waals surface area contributed by atoms with Gasteiger partial charge in [0, 0.05) is 12.6 Å². The average Bonchev–Trinajstić information content (AvgIpc) is 2.22. The van der Waals surface area contributed by atoms with Crippen molar-refractivity contribution in [2.45, 2.75) is 53.0 Å². The normalized spacial score (nSPS) is 24.4. The van der Waals surface area contributed by atoms with Crippen molar-refractivity contribution >= 4 is 0 Å². The lowest BCUT2D eigenvalue weighted by atomic mass is 9.77. The summed E-state index contributed by atoms with van der Waals surface area (Å²) in [7, 11) is 0. The second kappa shape index (κ2) is 5.31. The van der Waals surface area contributed by atoms with Crippen LogP contribution in [0.25, 0.3) is 0 Å². The van der Waals surface area contributed by atoms with Crippen molar-refractivity contribution in [3.05, 3.63) is 0 Å². The summed E-state index contributed by atoms with van der Waals surface area (Å²) in [5.41, 5.74) is 6.45. The van der Waals surface area contributed by atoms with Gasteiger partial charge < -0.3 is 5.73 Å². The zero-order chi connectivity index (χ0) is 11.5. The molecular weight excluding hydrogens is 184 g/mol. The maximum atomic E-state index is 5.86. The van der Waals surface area contributed by atoms with Crippen molar-refractivity contribution in [3.8, 4) is 0 Å². The summed E-state index contributed by atoms with van der Waals surface area (Å²) in [6.07, 6.45) is 4.00. The molecule has 0 aromatic carbocycles. The Bertz CT molecular complexity index is 181. The standard InChI is InChI=1S/C13H28N2/c1-5-13(4)6-8-15(9-7-13)12(10-14)11(2)3/h11-12H,5-10,14H2,1-4H3. The third-order valence-electron chi connectivity index (χ3n) is 4.34. The van der Waals surface area contributed by atoms with Gasteiger partial charge in [0.05, 0.1) is 0 Å². The number of piperidine rings is 1. The van der Waals surface area contributed by atoms with Gasteiger partial charge >= 0.3 is 0 Å². The van der Waals surface area contributed by atoms with Crippen LogP contribution in [0, 0.1) is 11.3 Å². The average molecular weight is 212 g/mol. The molecule has 1 saturated heterocycles. The molecule has 15 heavy (non-hydrogen) atoms. The van der Waals surface area contributed by atoms with Crippen molar-refractivity contribution < 1.29 is 0 Å². The Morgan fingerprint density at radius 3 is 2.13 bits per heavy atom. The molecule has 0 radical (unpaired) electrons. The molecule has 0 aromatic heterocycles. The van der Waals surface area contributed by atoms with E-state index in [-0.39, 0.29) is 0 Å². The first-order valence-corrected chi connectivity index (χ1v) is 6.46. The van der Waals surface area contributed by atoms with Crippen molar-refractivity contribution in [2.24, 2.45) is 17.1 Å². The summed E-state index contributed by atoms with van der Waals surface area (Å²) in [6.45, 7) is 12.6. The van der Waals surface area contributed by atoms with Crippen LogP contribution in [-0.4, -0.2) is 30.6 Å². The van der Waals surface area contributed by atoms with E-state index in [4.69, 9.17) is 5.73 Å². The van der Waals surface area contributed by atoms with Crippen LogP contribution in [0.5, 0.6) is 0 Å². The molecule has 1 rings (SSSR count). The molecule has 0 aliphatic carbocycles. The number of hydrogen-bond acceptors (Lipinski definition) is 2. The third-order valence-corrected chi connectivity index (χ3v) is 4.34. The van der Waals surface area contributed by atoms with E-state index in [1.54, 1.807) is 0 Å². The van der Waals surface area contributed by atoms with Gasteiger partial charge in [-0.15, -0.1) is 0 Å². The van der Waals surface area contributed by atoms with Crippen LogP contribution in [-0.2, 0) is 0 Å². The predicted molar refractivity (Wildman–Crippen MR) is 66.9 cm³/mol. The van der Waals surface area contributed by atoms with Crippen LogP contribution in [0.15, 0.2) is 0 Å². The Kier molecular flexibility index (Phi) is 4.60. The highest BCUT2D eigenvalue weighted by atomic mass is 15.2. The lowest BCUT2D eigenvalue weighted by molar-refractivity contribution is 0.0660. The number of nitrogens with zero attached hydrogens (tertiary/aromatic N) is 1. The summed E-state index contributed by atoms with van der Waals surface area (Å²) in [4.78, 5) is 2.60. The van der Waals surface area contributed by atoms with Crippen molar-refractivity contribution in [3.63, 3.8) is 0 Å². The highest BCUT2D eigenvalue weighted by Gasteiger charge is 2.31. The molecule has 0 saturated carbocycles. The monoisotopic (exact) mass is 212 g/mol. The van der Waals surface area contributed by atoms with Gasteiger partial charge in [-0.05, 0) is 37.3 Å². The first-order chi connectivity index (χ1) is 7.02. The second-order valence-corrected chi connectivity index (χ2v) is 5.75. The van der Waals surface area contributed by atoms with E-state index in [0.29, 0.717) is 17.4 Å². The number of rotatable bonds is 4. The molecule has 2 heteroatoms. The molecule has 90 valence electrons. The van der Waals surface area contributed by atoms with Crippen LogP contribution >= 0.6 is 0 Å². The van der Waals surface area contributed by atoms with Gasteiger partial charge in [0.25, 0.3) is 0 Å². The Morgan fingerprint density at radius 2 is 1.80 bits per heavy atom. The minimum Gasteiger partial charge on any atom is -0.329 e. The van der Waals surface area contributed by atoms with Crippen LogP contribution in [0.2, 0.25) is 0 Å². The van der Waals surface area contributed by atoms with Crippen LogP contribution < -0.4 is 5.73 Å². The number of hydrogen-bond donors (Lipinski definition) is 1. The van der Waals surface area contributed by atoms with Gasteiger partial charge in [-0.3, -0.25) is 4.90 Å². The highest BCUT2D eigenvalue weighted by Crippen LogP contribution is 2.34. The fraction of sp³-hybridized carbons (Fsp3) is 1.00. The van der Waals surface area contributed by atoms with Crippen molar-refractivity contribution in [2.75, 3.05) is 19.6 Å². The topological polar surface area (TPSA) is 29.3 Å². The molecule has 1 unspecified atom stereocenters. The highest BCUT2D eigenvalue weighted by molar-refractivity contribution is 4.85. The van der Waals surface area contributed by atoms with Crippen LogP contribution in [0.1, 0.15) is 47.0 Å². The first-order valence-electron chi connectivity index (χ1n) is 6.46. The summed E-state index contributed by atoms with van der Waals surface area (Å²) in [5.74, 6) is 0.681. The van der Waals surface area contributed by atoms with E-state index in [2.05, 4.69) is 32.6 Å². The molecule has 0 aromatic rings. The Hall–Kier alpha value is -0.0800. The summed E-state index contributed by atoms with van der Waals surface area (Å²) in [6, 6.07) is 0.589. The van der Waals surface area contributed by atoms with E-state index >= 15 is 0 Å². The van der Waals surface area contributed by atoms with Gasteiger partial charge in [0.1, 0.15) is 0 Å². The van der Waals surface area contributed by atoms with E-state index in [1.165, 1.54) is 32.4 Å². The van der Waals surface area contributed by atoms with E-state index in [0.717, 1.165) is 6.54 Å². The summed E-state index contributed by atoms with van der Waals surface area (Å²) < 4.78 is 0. The zero-order valence-electron chi connectivity index (χ0n) is 10.9. The maximum absolute atomic E-state index is 5.86. The minimum atomic E-state index is 0.589. The molecule has 2 N–H and O–H groups in total. The summed E-state index contributed by atoms with van der Waals surface area (Å²) >= 11 is 0. The molecule has 1 aliphatic heterocycles. The van der Waals surface area contributed by atoms with Gasteiger partial charge in [-0.1, -0.05) is 34.1 Å². The zero-order valence-corrected chi connectivity index (χ0v) is 10.9.